The number of nitrogens with zero attached hydrogens (tertiary/aromatic N) is 2. The second-order valence-electron chi connectivity index (χ2n) is 6.87. The first kappa shape index (κ1) is 23.1. The number of guanidine groups is 1. The molecule has 1 amide bonds. The van der Waals surface area contributed by atoms with Gasteiger partial charge >= 0.3 is 0 Å². The van der Waals surface area contributed by atoms with Gasteiger partial charge in [-0.1, -0.05) is 30.3 Å². The summed E-state index contributed by atoms with van der Waals surface area (Å²) in [4.78, 5) is 18.2. The van der Waals surface area contributed by atoms with Gasteiger partial charge in [0.1, 0.15) is 11.5 Å². The molecule has 2 aromatic carbocycles. The standard InChI is InChI=1S/C23H32N4O3/c1-5-30-21-9-7-6-8-19(21)16-25-23(26-17-22(28)27(2)3)24-15-14-18-10-12-20(29-4)13-11-18/h6-13H,5,14-17H2,1-4H3,(H2,24,25,26). The number of hydrogen-bond acceptors (Lipinski definition) is 4. The fraction of sp³-hybridized carbons (Fsp3) is 0.391. The van der Waals surface area contributed by atoms with Gasteiger partial charge in [0.25, 0.3) is 0 Å². The smallest absolute Gasteiger partial charge is 0.241 e. The number of hydrogen-bond donors (Lipinski definition) is 2. The predicted molar refractivity (Wildman–Crippen MR) is 120 cm³/mol. The highest BCUT2D eigenvalue weighted by molar-refractivity contribution is 5.86. The number of methoxy groups -OCH3 is 1. The van der Waals surface area contributed by atoms with Crippen LogP contribution in [0.2, 0.25) is 0 Å². The minimum absolute atomic E-state index is 0.0191. The average Bonchev–Trinajstić information content (AvgIpc) is 2.76. The number of carbonyl (C=O) groups excluding carboxylic acids is 1. The van der Waals surface area contributed by atoms with Gasteiger partial charge in [0.15, 0.2) is 5.96 Å². The van der Waals surface area contributed by atoms with Crippen LogP contribution in [0.1, 0.15) is 18.1 Å². The molecule has 0 aliphatic carbocycles. The van der Waals surface area contributed by atoms with Crippen LogP contribution >= 0.6 is 0 Å². The summed E-state index contributed by atoms with van der Waals surface area (Å²) in [6.45, 7) is 3.87. The molecule has 0 aliphatic heterocycles. The molecule has 0 aliphatic rings. The molecule has 0 atom stereocenters. The zero-order valence-corrected chi connectivity index (χ0v) is 18.3. The Morgan fingerprint density at radius 3 is 2.47 bits per heavy atom. The Morgan fingerprint density at radius 2 is 1.80 bits per heavy atom. The van der Waals surface area contributed by atoms with Crippen molar-refractivity contribution in [2.24, 2.45) is 4.99 Å². The Labute approximate surface area is 179 Å². The van der Waals surface area contributed by atoms with Crippen molar-refractivity contribution in [3.8, 4) is 11.5 Å². The second-order valence-corrected chi connectivity index (χ2v) is 6.87. The number of likely N-dealkylation sites (N-methyl/N-ethyl adjacent to an activating group) is 1. The van der Waals surface area contributed by atoms with Gasteiger partial charge in [-0.3, -0.25) is 4.79 Å². The molecular weight excluding hydrogens is 380 g/mol. The number of rotatable bonds is 10. The van der Waals surface area contributed by atoms with E-state index in [0.29, 0.717) is 25.7 Å². The lowest BCUT2D eigenvalue weighted by Gasteiger charge is -2.15. The Balaban J connectivity index is 2.01. The molecule has 0 radical (unpaired) electrons. The highest BCUT2D eigenvalue weighted by Crippen LogP contribution is 2.18. The highest BCUT2D eigenvalue weighted by Gasteiger charge is 2.07. The molecule has 0 saturated heterocycles. The van der Waals surface area contributed by atoms with Crippen molar-refractivity contribution in [1.82, 2.24) is 15.5 Å². The number of para-hydroxylation sites is 1. The molecule has 2 rings (SSSR count). The Morgan fingerprint density at radius 1 is 1.07 bits per heavy atom. The molecule has 0 spiro atoms. The Bertz CT molecular complexity index is 819. The van der Waals surface area contributed by atoms with Crippen LogP contribution in [0.4, 0.5) is 0 Å². The van der Waals surface area contributed by atoms with E-state index in [1.54, 1.807) is 26.1 Å². The highest BCUT2D eigenvalue weighted by atomic mass is 16.5. The number of aliphatic imine (C=N–C) groups is 1. The summed E-state index contributed by atoms with van der Waals surface area (Å²) in [5.74, 6) is 2.23. The molecule has 0 saturated carbocycles. The van der Waals surface area contributed by atoms with Crippen LogP contribution in [0, 0.1) is 0 Å². The van der Waals surface area contributed by atoms with Gasteiger partial charge in [0.05, 0.1) is 26.8 Å². The van der Waals surface area contributed by atoms with Crippen LogP contribution in [0.25, 0.3) is 0 Å². The summed E-state index contributed by atoms with van der Waals surface area (Å²) in [5, 5.41) is 6.42. The normalized spacial score (nSPS) is 11.0. The SMILES string of the molecule is CCOc1ccccc1CN=C(NCCc1ccc(OC)cc1)NCC(=O)N(C)C. The fourth-order valence-electron chi connectivity index (χ4n) is 2.70. The molecule has 0 fully saturated rings. The number of amides is 1. The van der Waals surface area contributed by atoms with Crippen LogP contribution in [0.3, 0.4) is 0 Å². The van der Waals surface area contributed by atoms with Gasteiger partial charge in [-0.2, -0.15) is 0 Å². The van der Waals surface area contributed by atoms with Gasteiger partial charge in [-0.05, 0) is 37.1 Å². The van der Waals surface area contributed by atoms with E-state index in [1.807, 2.05) is 55.5 Å². The van der Waals surface area contributed by atoms with Gasteiger partial charge in [0.2, 0.25) is 5.91 Å². The zero-order chi connectivity index (χ0) is 21.8. The third kappa shape index (κ3) is 7.66. The summed E-state index contributed by atoms with van der Waals surface area (Å²) < 4.78 is 10.9. The molecule has 0 unspecified atom stereocenters. The maximum Gasteiger partial charge on any atom is 0.241 e. The summed E-state index contributed by atoms with van der Waals surface area (Å²) in [5.41, 5.74) is 2.18. The van der Waals surface area contributed by atoms with E-state index in [0.717, 1.165) is 23.5 Å². The number of ether oxygens (including phenoxy) is 2. The molecule has 0 aromatic heterocycles. The second kappa shape index (κ2) is 12.4. The van der Waals surface area contributed by atoms with E-state index >= 15 is 0 Å². The van der Waals surface area contributed by atoms with Crippen molar-refractivity contribution >= 4 is 11.9 Å². The van der Waals surface area contributed by atoms with Crippen LogP contribution in [0.15, 0.2) is 53.5 Å². The van der Waals surface area contributed by atoms with E-state index in [9.17, 15) is 4.79 Å². The quantitative estimate of drug-likeness (QED) is 0.463. The molecule has 0 bridgehead atoms. The van der Waals surface area contributed by atoms with E-state index in [1.165, 1.54) is 5.56 Å². The van der Waals surface area contributed by atoms with Crippen LogP contribution in [0.5, 0.6) is 11.5 Å². The monoisotopic (exact) mass is 412 g/mol. The third-order valence-corrected chi connectivity index (χ3v) is 4.45. The topological polar surface area (TPSA) is 75.2 Å². The fourth-order valence-corrected chi connectivity index (χ4v) is 2.70. The molecule has 0 heterocycles. The first-order valence-electron chi connectivity index (χ1n) is 10.1. The third-order valence-electron chi connectivity index (χ3n) is 4.45. The summed E-state index contributed by atoms with van der Waals surface area (Å²) >= 11 is 0. The van der Waals surface area contributed by atoms with E-state index in [2.05, 4.69) is 15.6 Å². The maximum absolute atomic E-state index is 12.0. The van der Waals surface area contributed by atoms with Gasteiger partial charge < -0.3 is 25.0 Å². The number of carbonyl (C=O) groups is 1. The minimum atomic E-state index is -0.0191. The molecule has 7 heteroatoms. The Kier molecular flexibility index (Phi) is 9.51. The maximum atomic E-state index is 12.0. The van der Waals surface area contributed by atoms with Crippen LogP contribution in [-0.2, 0) is 17.8 Å². The molecule has 2 N–H and O–H groups in total. The molecular formula is C23H32N4O3. The molecule has 7 nitrogen and oxygen atoms in total. The van der Waals surface area contributed by atoms with Gasteiger partial charge in [0, 0.05) is 26.2 Å². The van der Waals surface area contributed by atoms with E-state index in [4.69, 9.17) is 9.47 Å². The van der Waals surface area contributed by atoms with Gasteiger partial charge in [-0.25, -0.2) is 4.99 Å². The largest absolute Gasteiger partial charge is 0.497 e. The van der Waals surface area contributed by atoms with Crippen molar-refractivity contribution in [3.63, 3.8) is 0 Å². The van der Waals surface area contributed by atoms with Gasteiger partial charge in [-0.15, -0.1) is 0 Å². The molecule has 2 aromatic rings. The lowest BCUT2D eigenvalue weighted by atomic mass is 10.1. The summed E-state index contributed by atoms with van der Waals surface area (Å²) in [6.07, 6.45) is 0.821. The first-order valence-corrected chi connectivity index (χ1v) is 10.1. The van der Waals surface area contributed by atoms with E-state index in [-0.39, 0.29) is 12.5 Å². The summed E-state index contributed by atoms with van der Waals surface area (Å²) in [7, 11) is 5.12. The van der Waals surface area contributed by atoms with Crippen molar-refractivity contribution < 1.29 is 14.3 Å². The first-order chi connectivity index (χ1) is 14.5. The molecule has 30 heavy (non-hydrogen) atoms. The predicted octanol–water partition coefficient (Wildman–Crippen LogP) is 2.46. The average molecular weight is 413 g/mol. The zero-order valence-electron chi connectivity index (χ0n) is 18.3. The van der Waals surface area contributed by atoms with Crippen molar-refractivity contribution in [1.29, 1.82) is 0 Å². The Hall–Kier alpha value is -3.22. The minimum Gasteiger partial charge on any atom is -0.497 e. The number of nitrogens with one attached hydrogen (secondary N) is 2. The van der Waals surface area contributed by atoms with Crippen molar-refractivity contribution in [2.75, 3.05) is 40.9 Å². The lowest BCUT2D eigenvalue weighted by Crippen LogP contribution is -2.43. The van der Waals surface area contributed by atoms with E-state index < -0.39 is 0 Å². The molecule has 162 valence electrons. The number of benzene rings is 2. The lowest BCUT2D eigenvalue weighted by molar-refractivity contribution is -0.127. The van der Waals surface area contributed by atoms with Crippen LogP contribution in [-0.4, -0.2) is 57.7 Å². The summed E-state index contributed by atoms with van der Waals surface area (Å²) in [6, 6.07) is 15.8. The van der Waals surface area contributed by atoms with Crippen molar-refractivity contribution in [2.45, 2.75) is 19.9 Å². The van der Waals surface area contributed by atoms with Crippen LogP contribution < -0.4 is 20.1 Å². The van der Waals surface area contributed by atoms with Crippen molar-refractivity contribution in [3.05, 3.63) is 59.7 Å².